The monoisotopic (exact) mass is 314 g/mol. The Balaban J connectivity index is 2.62. The Morgan fingerprint density at radius 2 is 1.95 bits per heavy atom. The van der Waals surface area contributed by atoms with Gasteiger partial charge in [0.05, 0.1) is 16.1 Å². The van der Waals surface area contributed by atoms with E-state index in [9.17, 15) is 17.6 Å². The molecule has 8 heteroatoms. The highest BCUT2D eigenvalue weighted by molar-refractivity contribution is 6.31. The quantitative estimate of drug-likeness (QED) is 0.614. The van der Waals surface area contributed by atoms with Crippen LogP contribution < -0.4 is 0 Å². The van der Waals surface area contributed by atoms with Gasteiger partial charge in [-0.3, -0.25) is 0 Å². The zero-order chi connectivity index (χ0) is 14.2. The van der Waals surface area contributed by atoms with Crippen molar-refractivity contribution in [3.63, 3.8) is 0 Å². The number of fused-ring (bicyclic) bond motifs is 1. The maximum absolute atomic E-state index is 13.4. The summed E-state index contributed by atoms with van der Waals surface area (Å²) in [5, 5.41) is -0.179. The first-order valence-electron chi connectivity index (χ1n) is 5.28. The maximum Gasteiger partial charge on any atom is 0.406 e. The third kappa shape index (κ3) is 3.12. The van der Waals surface area contributed by atoms with Crippen molar-refractivity contribution >= 4 is 34.2 Å². The summed E-state index contributed by atoms with van der Waals surface area (Å²) in [6, 6.07) is 2.16. The Bertz CT molecular complexity index is 607. The standard InChI is InChI=1S/C11H8Cl2F4N2/c12-2-1-10-18-8-3-6(13)7(14)4-9(8)19(10)5-11(15,16)17/h3-4H,1-2,5H2. The number of rotatable bonds is 3. The number of aromatic nitrogens is 2. The van der Waals surface area contributed by atoms with Crippen molar-refractivity contribution in [1.82, 2.24) is 9.55 Å². The SMILES string of the molecule is Fc1cc2c(cc1Cl)nc(CCCl)n2CC(F)(F)F. The van der Waals surface area contributed by atoms with E-state index < -0.39 is 18.5 Å². The molecule has 0 amide bonds. The molecule has 0 atom stereocenters. The molecule has 0 radical (unpaired) electrons. The van der Waals surface area contributed by atoms with E-state index in [0.29, 0.717) is 0 Å². The van der Waals surface area contributed by atoms with Crippen LogP contribution in [0.3, 0.4) is 0 Å². The number of benzene rings is 1. The molecule has 0 saturated heterocycles. The van der Waals surface area contributed by atoms with Crippen LogP contribution in [0.15, 0.2) is 12.1 Å². The van der Waals surface area contributed by atoms with Crippen molar-refractivity contribution in [2.24, 2.45) is 0 Å². The molecule has 0 spiro atoms. The van der Waals surface area contributed by atoms with Gasteiger partial charge < -0.3 is 4.57 Å². The van der Waals surface area contributed by atoms with Crippen LogP contribution in [0.25, 0.3) is 11.0 Å². The molecule has 0 fully saturated rings. The van der Waals surface area contributed by atoms with E-state index in [4.69, 9.17) is 23.2 Å². The summed E-state index contributed by atoms with van der Waals surface area (Å²) in [5.41, 5.74) is 0.273. The second-order valence-electron chi connectivity index (χ2n) is 3.92. The molecule has 0 aliphatic rings. The number of nitrogens with zero attached hydrogens (tertiary/aromatic N) is 2. The van der Waals surface area contributed by atoms with Crippen molar-refractivity contribution in [2.75, 3.05) is 5.88 Å². The molecule has 0 N–H and O–H groups in total. The number of hydrogen-bond donors (Lipinski definition) is 0. The highest BCUT2D eigenvalue weighted by Gasteiger charge is 2.30. The van der Waals surface area contributed by atoms with Gasteiger partial charge in [0.25, 0.3) is 0 Å². The van der Waals surface area contributed by atoms with E-state index in [1.54, 1.807) is 0 Å². The largest absolute Gasteiger partial charge is 0.406 e. The van der Waals surface area contributed by atoms with Crippen molar-refractivity contribution in [1.29, 1.82) is 0 Å². The zero-order valence-electron chi connectivity index (χ0n) is 9.44. The fraction of sp³-hybridized carbons (Fsp3) is 0.364. The van der Waals surface area contributed by atoms with Gasteiger partial charge in [0, 0.05) is 18.4 Å². The number of alkyl halides is 4. The van der Waals surface area contributed by atoms with Gasteiger partial charge in [-0.15, -0.1) is 11.6 Å². The Morgan fingerprint density at radius 3 is 2.53 bits per heavy atom. The predicted molar refractivity (Wildman–Crippen MR) is 65.2 cm³/mol. The average molecular weight is 315 g/mol. The fourth-order valence-electron chi connectivity index (χ4n) is 1.80. The van der Waals surface area contributed by atoms with Gasteiger partial charge in [0.1, 0.15) is 18.2 Å². The van der Waals surface area contributed by atoms with Gasteiger partial charge in [-0.1, -0.05) is 11.6 Å². The number of halogens is 6. The van der Waals surface area contributed by atoms with Crippen LogP contribution >= 0.6 is 23.2 Å². The molecule has 0 aliphatic heterocycles. The number of imidazole rings is 1. The molecule has 19 heavy (non-hydrogen) atoms. The van der Waals surface area contributed by atoms with Crippen molar-refractivity contribution in [3.05, 3.63) is 28.8 Å². The summed E-state index contributed by atoms with van der Waals surface area (Å²) >= 11 is 11.1. The summed E-state index contributed by atoms with van der Waals surface area (Å²) in [6.45, 7) is -1.24. The first kappa shape index (κ1) is 14.4. The van der Waals surface area contributed by atoms with Gasteiger partial charge in [0.2, 0.25) is 0 Å². The summed E-state index contributed by atoms with van der Waals surface area (Å²) in [5.74, 6) is -0.504. The van der Waals surface area contributed by atoms with E-state index >= 15 is 0 Å². The molecule has 0 bridgehead atoms. The van der Waals surface area contributed by atoms with Gasteiger partial charge in [-0.2, -0.15) is 13.2 Å². The van der Waals surface area contributed by atoms with Crippen LogP contribution in [0.5, 0.6) is 0 Å². The minimum Gasteiger partial charge on any atom is -0.319 e. The number of hydrogen-bond acceptors (Lipinski definition) is 1. The molecule has 0 aliphatic carbocycles. The molecule has 0 unspecified atom stereocenters. The van der Waals surface area contributed by atoms with Crippen LogP contribution in [0.1, 0.15) is 5.82 Å². The summed E-state index contributed by atoms with van der Waals surface area (Å²) in [4.78, 5) is 4.02. The fourth-order valence-corrected chi connectivity index (χ4v) is 2.13. The van der Waals surface area contributed by atoms with Crippen LogP contribution in [-0.2, 0) is 13.0 Å². The van der Waals surface area contributed by atoms with Crippen molar-refractivity contribution < 1.29 is 17.6 Å². The Labute approximate surface area is 115 Å². The van der Waals surface area contributed by atoms with E-state index in [-0.39, 0.29) is 34.2 Å². The van der Waals surface area contributed by atoms with Crippen LogP contribution in [0, 0.1) is 5.82 Å². The summed E-state index contributed by atoms with van der Waals surface area (Å²) in [7, 11) is 0. The van der Waals surface area contributed by atoms with Crippen molar-refractivity contribution in [2.45, 2.75) is 19.1 Å². The van der Waals surface area contributed by atoms with Crippen LogP contribution in [0.4, 0.5) is 17.6 Å². The predicted octanol–water partition coefficient (Wildman–Crippen LogP) is 4.17. The first-order chi connectivity index (χ1) is 8.81. The highest BCUT2D eigenvalue weighted by Crippen LogP contribution is 2.27. The lowest BCUT2D eigenvalue weighted by Gasteiger charge is -2.11. The first-order valence-corrected chi connectivity index (χ1v) is 6.20. The molecule has 0 saturated carbocycles. The lowest BCUT2D eigenvalue weighted by Crippen LogP contribution is -2.19. The molecule has 2 nitrogen and oxygen atoms in total. The lowest BCUT2D eigenvalue weighted by molar-refractivity contribution is -0.140. The van der Waals surface area contributed by atoms with Gasteiger partial charge in [0.15, 0.2) is 0 Å². The van der Waals surface area contributed by atoms with Gasteiger partial charge in [-0.25, -0.2) is 9.37 Å². The summed E-state index contributed by atoms with van der Waals surface area (Å²) < 4.78 is 51.9. The smallest absolute Gasteiger partial charge is 0.319 e. The van der Waals surface area contributed by atoms with Gasteiger partial charge in [-0.05, 0) is 6.07 Å². The summed E-state index contributed by atoms with van der Waals surface area (Å²) in [6.07, 6.45) is -4.27. The Morgan fingerprint density at radius 1 is 1.26 bits per heavy atom. The van der Waals surface area contributed by atoms with E-state index in [0.717, 1.165) is 10.6 Å². The topological polar surface area (TPSA) is 17.8 Å². The Hall–Kier alpha value is -1.01. The molecule has 104 valence electrons. The van der Waals surface area contributed by atoms with Crippen LogP contribution in [-0.4, -0.2) is 21.6 Å². The van der Waals surface area contributed by atoms with Gasteiger partial charge >= 0.3 is 6.18 Å². The molecule has 1 aromatic heterocycles. The second-order valence-corrected chi connectivity index (χ2v) is 4.71. The zero-order valence-corrected chi connectivity index (χ0v) is 11.0. The van der Waals surface area contributed by atoms with E-state index in [2.05, 4.69) is 4.98 Å². The molecular formula is C11H8Cl2F4N2. The molecule has 2 aromatic rings. The third-order valence-electron chi connectivity index (χ3n) is 2.52. The molecular weight excluding hydrogens is 307 g/mol. The minimum atomic E-state index is -4.43. The normalized spacial score (nSPS) is 12.3. The molecule has 1 heterocycles. The molecule has 2 rings (SSSR count). The second kappa shape index (κ2) is 5.17. The van der Waals surface area contributed by atoms with E-state index in [1.165, 1.54) is 6.07 Å². The average Bonchev–Trinajstić information content (AvgIpc) is 2.57. The van der Waals surface area contributed by atoms with E-state index in [1.807, 2.05) is 0 Å². The Kier molecular flexibility index (Phi) is 3.92. The van der Waals surface area contributed by atoms with Crippen molar-refractivity contribution in [3.8, 4) is 0 Å². The lowest BCUT2D eigenvalue weighted by atomic mass is 10.3. The van der Waals surface area contributed by atoms with Crippen LogP contribution in [0.2, 0.25) is 5.02 Å². The molecule has 1 aromatic carbocycles. The highest BCUT2D eigenvalue weighted by atomic mass is 35.5. The minimum absolute atomic E-state index is 0.0549. The number of aryl methyl sites for hydroxylation is 1. The maximum atomic E-state index is 13.4. The third-order valence-corrected chi connectivity index (χ3v) is 3.00.